The van der Waals surface area contributed by atoms with E-state index >= 15 is 0 Å². The van der Waals surface area contributed by atoms with Crippen molar-refractivity contribution in [2.24, 2.45) is 0 Å². The number of carbonyl (C=O) groups is 2. The van der Waals surface area contributed by atoms with Gasteiger partial charge in [0.1, 0.15) is 11.9 Å². The van der Waals surface area contributed by atoms with Gasteiger partial charge in [-0.05, 0) is 54.5 Å². The molecule has 1 aromatic heterocycles. The van der Waals surface area contributed by atoms with E-state index < -0.39 is 23.8 Å². The number of fused-ring (bicyclic) bond motifs is 1. The molecule has 2 aromatic carbocycles. The van der Waals surface area contributed by atoms with Crippen LogP contribution in [0, 0.1) is 5.82 Å². The Balaban J connectivity index is 1.42. The minimum atomic E-state index is -0.754. The first-order chi connectivity index (χ1) is 16.0. The van der Waals surface area contributed by atoms with Gasteiger partial charge in [0.25, 0.3) is 11.5 Å². The van der Waals surface area contributed by atoms with Crippen molar-refractivity contribution in [2.45, 2.75) is 44.6 Å². The van der Waals surface area contributed by atoms with Crippen LogP contribution in [0.15, 0.2) is 53.3 Å². The van der Waals surface area contributed by atoms with Crippen molar-refractivity contribution in [1.29, 1.82) is 0 Å². The van der Waals surface area contributed by atoms with Crippen LogP contribution in [-0.2, 0) is 30.5 Å². The molecular weight excluding hydrogens is 423 g/mol. The van der Waals surface area contributed by atoms with E-state index in [0.717, 1.165) is 53.0 Å². The fourth-order valence-corrected chi connectivity index (χ4v) is 4.65. The van der Waals surface area contributed by atoms with Gasteiger partial charge in [-0.3, -0.25) is 9.59 Å². The highest BCUT2D eigenvalue weighted by Gasteiger charge is 2.40. The molecule has 7 nitrogen and oxygen atoms in total. The van der Waals surface area contributed by atoms with Gasteiger partial charge in [-0.25, -0.2) is 19.2 Å². The largest absolute Gasteiger partial charge is 0.329 e. The minimum absolute atomic E-state index is 0.0798. The lowest BCUT2D eigenvalue weighted by Gasteiger charge is -2.18. The maximum Gasteiger partial charge on any atom is 0.329 e. The molecule has 2 aliphatic rings. The Kier molecular flexibility index (Phi) is 5.50. The Morgan fingerprint density at radius 2 is 1.73 bits per heavy atom. The Morgan fingerprint density at radius 1 is 0.970 bits per heavy atom. The van der Waals surface area contributed by atoms with Crippen LogP contribution in [-0.4, -0.2) is 28.2 Å². The number of H-pyrrole nitrogens is 1. The van der Waals surface area contributed by atoms with Gasteiger partial charge in [0, 0.05) is 18.4 Å². The van der Waals surface area contributed by atoms with E-state index in [4.69, 9.17) is 0 Å². The molecule has 1 atom stereocenters. The lowest BCUT2D eigenvalue weighted by Crippen LogP contribution is -2.33. The highest BCUT2D eigenvalue weighted by Crippen LogP contribution is 2.28. The lowest BCUT2D eigenvalue weighted by atomic mass is 9.90. The van der Waals surface area contributed by atoms with Crippen LogP contribution in [0.2, 0.25) is 0 Å². The van der Waals surface area contributed by atoms with E-state index in [1.165, 1.54) is 12.1 Å². The van der Waals surface area contributed by atoms with Crippen molar-refractivity contribution >= 4 is 17.6 Å². The molecule has 1 saturated heterocycles. The molecule has 33 heavy (non-hydrogen) atoms. The number of aromatic nitrogens is 2. The Bertz CT molecular complexity index is 1290. The number of hydrogen-bond acceptors (Lipinski definition) is 4. The quantitative estimate of drug-likeness (QED) is 0.589. The number of anilines is 1. The smallest absolute Gasteiger partial charge is 0.325 e. The predicted octanol–water partition coefficient (Wildman–Crippen LogP) is 3.05. The topological polar surface area (TPSA) is 95.2 Å². The molecule has 2 heterocycles. The van der Waals surface area contributed by atoms with Crippen molar-refractivity contribution in [2.75, 3.05) is 4.90 Å². The van der Waals surface area contributed by atoms with Gasteiger partial charge >= 0.3 is 6.03 Å². The molecule has 3 aromatic rings. The number of amides is 3. The van der Waals surface area contributed by atoms with E-state index in [1.54, 1.807) is 6.07 Å². The standard InChI is InChI=1S/C25H23FN4O3/c26-19-11-10-16(13-20-17-8-4-5-9-18(17)23(31)29-28-20)14-22(19)30-24(32)21(27-25(30)33)12-15-6-2-1-3-7-15/h1-3,6-7,10-11,14,21H,4-5,8-9,12-13H2,(H,27,33)(H,29,31). The highest BCUT2D eigenvalue weighted by atomic mass is 19.1. The zero-order valence-electron chi connectivity index (χ0n) is 17.9. The molecule has 2 N–H and O–H groups in total. The van der Waals surface area contributed by atoms with E-state index in [0.29, 0.717) is 18.4 Å². The first kappa shape index (κ1) is 21.1. The van der Waals surface area contributed by atoms with Gasteiger partial charge in [0.15, 0.2) is 0 Å². The lowest BCUT2D eigenvalue weighted by molar-refractivity contribution is -0.118. The van der Waals surface area contributed by atoms with Crippen molar-refractivity contribution in [1.82, 2.24) is 15.5 Å². The third kappa shape index (κ3) is 4.04. The van der Waals surface area contributed by atoms with Crippen LogP contribution in [0.25, 0.3) is 0 Å². The number of imide groups is 1. The zero-order valence-corrected chi connectivity index (χ0v) is 17.9. The zero-order chi connectivity index (χ0) is 22.9. The fraction of sp³-hybridized carbons (Fsp3) is 0.280. The molecule has 3 amide bonds. The molecular formula is C25H23FN4O3. The van der Waals surface area contributed by atoms with Crippen molar-refractivity contribution in [3.05, 3.63) is 92.6 Å². The summed E-state index contributed by atoms with van der Waals surface area (Å²) in [6.45, 7) is 0. The summed E-state index contributed by atoms with van der Waals surface area (Å²) in [5, 5.41) is 9.46. The monoisotopic (exact) mass is 446 g/mol. The van der Waals surface area contributed by atoms with Crippen molar-refractivity contribution in [3.63, 3.8) is 0 Å². The molecule has 1 aliphatic heterocycles. The molecule has 0 radical (unpaired) electrons. The molecule has 0 spiro atoms. The number of benzene rings is 2. The second-order valence-electron chi connectivity index (χ2n) is 8.49. The molecule has 5 rings (SSSR count). The molecule has 1 fully saturated rings. The van der Waals surface area contributed by atoms with E-state index in [-0.39, 0.29) is 11.2 Å². The summed E-state index contributed by atoms with van der Waals surface area (Å²) in [5.74, 6) is -1.14. The molecule has 8 heteroatoms. The maximum absolute atomic E-state index is 14.8. The second kappa shape index (κ2) is 8.61. The number of carbonyl (C=O) groups excluding carboxylic acids is 2. The van der Waals surface area contributed by atoms with Gasteiger partial charge in [0.05, 0.1) is 11.4 Å². The normalized spacial score (nSPS) is 17.7. The van der Waals surface area contributed by atoms with Gasteiger partial charge in [0.2, 0.25) is 0 Å². The highest BCUT2D eigenvalue weighted by molar-refractivity contribution is 6.21. The number of rotatable bonds is 5. The SMILES string of the molecule is O=C1NC(Cc2ccccc2)C(=O)N1c1cc(Cc2n[nH]c(=O)c3c2CCCC3)ccc1F. The Hall–Kier alpha value is -3.81. The van der Waals surface area contributed by atoms with Gasteiger partial charge in [-0.1, -0.05) is 36.4 Å². The molecule has 0 saturated carbocycles. The van der Waals surface area contributed by atoms with Crippen molar-refractivity contribution in [3.8, 4) is 0 Å². The van der Waals surface area contributed by atoms with Gasteiger partial charge < -0.3 is 5.32 Å². The first-order valence-corrected chi connectivity index (χ1v) is 11.1. The molecule has 1 unspecified atom stereocenters. The second-order valence-corrected chi connectivity index (χ2v) is 8.49. The summed E-state index contributed by atoms with van der Waals surface area (Å²) < 4.78 is 14.8. The summed E-state index contributed by atoms with van der Waals surface area (Å²) >= 11 is 0. The molecule has 1 aliphatic carbocycles. The third-order valence-electron chi connectivity index (χ3n) is 6.31. The summed E-state index contributed by atoms with van der Waals surface area (Å²) in [6, 6.07) is 12.3. The number of halogens is 1. The Labute approximate surface area is 189 Å². The van der Waals surface area contributed by atoms with Crippen LogP contribution < -0.4 is 15.8 Å². The first-order valence-electron chi connectivity index (χ1n) is 11.1. The molecule has 168 valence electrons. The van der Waals surface area contributed by atoms with E-state index in [9.17, 15) is 18.8 Å². The Morgan fingerprint density at radius 3 is 2.52 bits per heavy atom. The number of urea groups is 1. The average Bonchev–Trinajstić information content (AvgIpc) is 3.10. The maximum atomic E-state index is 14.8. The number of aromatic amines is 1. The average molecular weight is 446 g/mol. The summed E-state index contributed by atoms with van der Waals surface area (Å²) in [6.07, 6.45) is 4.16. The number of nitrogens with one attached hydrogen (secondary N) is 2. The van der Waals surface area contributed by atoms with E-state index in [1.807, 2.05) is 30.3 Å². The van der Waals surface area contributed by atoms with Crippen LogP contribution in [0.1, 0.15) is 40.8 Å². The third-order valence-corrected chi connectivity index (χ3v) is 6.31. The van der Waals surface area contributed by atoms with Gasteiger partial charge in [-0.2, -0.15) is 5.10 Å². The summed E-state index contributed by atoms with van der Waals surface area (Å²) in [4.78, 5) is 38.6. The molecule has 0 bridgehead atoms. The fourth-order valence-electron chi connectivity index (χ4n) is 4.65. The van der Waals surface area contributed by atoms with Crippen LogP contribution in [0.5, 0.6) is 0 Å². The van der Waals surface area contributed by atoms with E-state index in [2.05, 4.69) is 15.5 Å². The van der Waals surface area contributed by atoms with Crippen LogP contribution in [0.3, 0.4) is 0 Å². The predicted molar refractivity (Wildman–Crippen MR) is 121 cm³/mol. The van der Waals surface area contributed by atoms with Crippen LogP contribution in [0.4, 0.5) is 14.9 Å². The van der Waals surface area contributed by atoms with Crippen LogP contribution >= 0.6 is 0 Å². The summed E-state index contributed by atoms with van der Waals surface area (Å²) in [7, 11) is 0. The summed E-state index contributed by atoms with van der Waals surface area (Å²) in [5.41, 5.74) is 3.83. The number of hydrogen-bond donors (Lipinski definition) is 2. The minimum Gasteiger partial charge on any atom is -0.325 e. The van der Waals surface area contributed by atoms with Gasteiger partial charge in [-0.15, -0.1) is 0 Å². The number of nitrogens with zero attached hydrogens (tertiary/aromatic N) is 2. The van der Waals surface area contributed by atoms with Crippen molar-refractivity contribution < 1.29 is 14.0 Å².